The number of benzene rings is 1. The van der Waals surface area contributed by atoms with Gasteiger partial charge in [-0.15, -0.1) is 0 Å². The number of rotatable bonds is 4. The van der Waals surface area contributed by atoms with Gasteiger partial charge in [-0.3, -0.25) is 5.10 Å². The van der Waals surface area contributed by atoms with Gasteiger partial charge >= 0.3 is 0 Å². The van der Waals surface area contributed by atoms with Gasteiger partial charge in [0.2, 0.25) is 10.0 Å². The molecule has 0 amide bonds. The predicted molar refractivity (Wildman–Crippen MR) is 77.8 cm³/mol. The zero-order valence-corrected chi connectivity index (χ0v) is 12.2. The van der Waals surface area contributed by atoms with E-state index in [-0.39, 0.29) is 18.0 Å². The van der Waals surface area contributed by atoms with Crippen molar-refractivity contribution >= 4 is 10.0 Å². The molecule has 0 unspecified atom stereocenters. The first kappa shape index (κ1) is 15.3. The monoisotopic (exact) mass is 305 g/mol. The lowest BCUT2D eigenvalue weighted by molar-refractivity contribution is 0.350. The Hall–Kier alpha value is -2.14. The molecule has 0 saturated carbocycles. The molecular weight excluding hydrogens is 290 g/mol. The van der Waals surface area contributed by atoms with E-state index in [9.17, 15) is 8.42 Å². The lowest BCUT2D eigenvalue weighted by atomic mass is 10.1. The van der Waals surface area contributed by atoms with Crippen molar-refractivity contribution in [1.82, 2.24) is 14.9 Å². The highest BCUT2D eigenvalue weighted by Crippen LogP contribution is 2.15. The molecule has 2 rings (SSSR count). The molecule has 1 aromatic carbocycles. The van der Waals surface area contributed by atoms with Crippen LogP contribution in [0.25, 0.3) is 0 Å². The number of aryl methyl sites for hydroxylation is 1. The molecule has 0 spiro atoms. The summed E-state index contributed by atoms with van der Waals surface area (Å²) in [5.74, 6) is 5.31. The Bertz CT molecular complexity index is 772. The predicted octanol–water partition coefficient (Wildman–Crippen LogP) is 0.540. The zero-order chi connectivity index (χ0) is 15.3. The summed E-state index contributed by atoms with van der Waals surface area (Å²) in [4.78, 5) is 0.179. The molecule has 0 aliphatic carbocycles. The average Bonchev–Trinajstić information content (AvgIpc) is 2.97. The Kier molecular flexibility index (Phi) is 4.75. The molecule has 6 nitrogen and oxygen atoms in total. The lowest BCUT2D eigenvalue weighted by Crippen LogP contribution is -2.23. The highest BCUT2D eigenvalue weighted by Gasteiger charge is 2.14. The topological polar surface area (TPSA) is 95.1 Å². The molecule has 0 saturated heterocycles. The standard InChI is InChI=1S/C14H15N3O3S/c1-11-7-14(5-4-13(11)3-2-6-18)21(19,20)17-10-12-8-15-16-9-12/h4-5,7-9,17-18H,6,10H2,1H3,(H,15,16). The van der Waals surface area contributed by atoms with Crippen LogP contribution in [0.15, 0.2) is 35.5 Å². The van der Waals surface area contributed by atoms with Crippen LogP contribution >= 0.6 is 0 Å². The highest BCUT2D eigenvalue weighted by molar-refractivity contribution is 7.89. The van der Waals surface area contributed by atoms with Crippen LogP contribution in [-0.4, -0.2) is 30.3 Å². The fourth-order valence-corrected chi connectivity index (χ4v) is 2.82. The summed E-state index contributed by atoms with van der Waals surface area (Å²) in [6.45, 7) is 1.71. The van der Waals surface area contributed by atoms with Gasteiger partial charge in [0.1, 0.15) is 6.61 Å². The minimum Gasteiger partial charge on any atom is -0.384 e. The molecule has 0 aliphatic rings. The van der Waals surface area contributed by atoms with Crippen molar-refractivity contribution in [2.24, 2.45) is 0 Å². The molecule has 1 aromatic heterocycles. The number of nitrogens with zero attached hydrogens (tertiary/aromatic N) is 1. The van der Waals surface area contributed by atoms with Gasteiger partial charge in [0.25, 0.3) is 0 Å². The first-order valence-electron chi connectivity index (χ1n) is 6.20. The summed E-state index contributed by atoms with van der Waals surface area (Å²) in [6.07, 6.45) is 3.18. The van der Waals surface area contributed by atoms with Crippen LogP contribution in [0.5, 0.6) is 0 Å². The van der Waals surface area contributed by atoms with Crippen LogP contribution in [0.4, 0.5) is 0 Å². The van der Waals surface area contributed by atoms with Crippen LogP contribution in [0.2, 0.25) is 0 Å². The summed E-state index contributed by atoms with van der Waals surface area (Å²) in [6, 6.07) is 4.68. The smallest absolute Gasteiger partial charge is 0.240 e. The third-order valence-electron chi connectivity index (χ3n) is 2.83. The number of hydrogen-bond donors (Lipinski definition) is 3. The first-order chi connectivity index (χ1) is 10.0. The van der Waals surface area contributed by atoms with Crippen molar-refractivity contribution in [2.75, 3.05) is 6.61 Å². The second-order valence-electron chi connectivity index (χ2n) is 4.37. The highest BCUT2D eigenvalue weighted by atomic mass is 32.2. The molecule has 0 radical (unpaired) electrons. The Labute approximate surface area is 123 Å². The van der Waals surface area contributed by atoms with Crippen molar-refractivity contribution in [1.29, 1.82) is 0 Å². The van der Waals surface area contributed by atoms with Gasteiger partial charge in [0.05, 0.1) is 11.1 Å². The zero-order valence-electron chi connectivity index (χ0n) is 11.4. The summed E-state index contributed by atoms with van der Waals surface area (Å²) in [7, 11) is -3.59. The Morgan fingerprint density at radius 1 is 1.43 bits per heavy atom. The lowest BCUT2D eigenvalue weighted by Gasteiger charge is -2.07. The normalized spacial score (nSPS) is 11.0. The van der Waals surface area contributed by atoms with Gasteiger partial charge in [0.15, 0.2) is 0 Å². The molecule has 0 bridgehead atoms. The second-order valence-corrected chi connectivity index (χ2v) is 6.13. The third kappa shape index (κ3) is 3.92. The summed E-state index contributed by atoms with van der Waals surface area (Å²) < 4.78 is 26.9. The van der Waals surface area contributed by atoms with E-state index in [0.29, 0.717) is 5.56 Å². The molecule has 0 atom stereocenters. The quantitative estimate of drug-likeness (QED) is 0.719. The summed E-state index contributed by atoms with van der Waals surface area (Å²) in [5.41, 5.74) is 2.18. The van der Waals surface area contributed by atoms with Crippen molar-refractivity contribution in [3.8, 4) is 11.8 Å². The molecule has 1 heterocycles. The SMILES string of the molecule is Cc1cc(S(=O)(=O)NCc2cn[nH]c2)ccc1C#CCO. The molecule has 0 fully saturated rings. The van der Waals surface area contributed by atoms with E-state index in [1.54, 1.807) is 31.5 Å². The number of aliphatic hydroxyl groups excluding tert-OH is 1. The number of sulfonamides is 1. The maximum Gasteiger partial charge on any atom is 0.240 e. The van der Waals surface area contributed by atoms with Gasteiger partial charge in [0, 0.05) is 23.9 Å². The van der Waals surface area contributed by atoms with Crippen molar-refractivity contribution in [2.45, 2.75) is 18.4 Å². The first-order valence-corrected chi connectivity index (χ1v) is 7.69. The van der Waals surface area contributed by atoms with Crippen LogP contribution < -0.4 is 4.72 Å². The van der Waals surface area contributed by atoms with E-state index in [4.69, 9.17) is 5.11 Å². The van der Waals surface area contributed by atoms with Gasteiger partial charge in [-0.25, -0.2) is 13.1 Å². The van der Waals surface area contributed by atoms with Gasteiger partial charge in [-0.1, -0.05) is 11.8 Å². The van der Waals surface area contributed by atoms with Crippen LogP contribution in [0.3, 0.4) is 0 Å². The fourth-order valence-electron chi connectivity index (χ4n) is 1.71. The van der Waals surface area contributed by atoms with Crippen LogP contribution in [-0.2, 0) is 16.6 Å². The van der Waals surface area contributed by atoms with E-state index in [0.717, 1.165) is 11.1 Å². The van der Waals surface area contributed by atoms with Gasteiger partial charge in [-0.05, 0) is 30.7 Å². The second kappa shape index (κ2) is 6.54. The van der Waals surface area contributed by atoms with Crippen molar-refractivity contribution < 1.29 is 13.5 Å². The average molecular weight is 305 g/mol. The number of aromatic nitrogens is 2. The minimum absolute atomic E-state index is 0.171. The molecule has 3 N–H and O–H groups in total. The van der Waals surface area contributed by atoms with E-state index >= 15 is 0 Å². The third-order valence-corrected chi connectivity index (χ3v) is 4.23. The largest absolute Gasteiger partial charge is 0.384 e. The van der Waals surface area contributed by atoms with Crippen LogP contribution in [0, 0.1) is 18.8 Å². The van der Waals surface area contributed by atoms with Gasteiger partial charge < -0.3 is 5.11 Å². The Morgan fingerprint density at radius 2 is 2.24 bits per heavy atom. The molecule has 7 heteroatoms. The fraction of sp³-hybridized carbons (Fsp3) is 0.214. The van der Waals surface area contributed by atoms with E-state index < -0.39 is 10.0 Å². The van der Waals surface area contributed by atoms with E-state index in [1.807, 2.05) is 0 Å². The summed E-state index contributed by atoms with van der Waals surface area (Å²) >= 11 is 0. The number of H-pyrrole nitrogens is 1. The minimum atomic E-state index is -3.59. The van der Waals surface area contributed by atoms with E-state index in [2.05, 4.69) is 26.8 Å². The number of aromatic amines is 1. The molecule has 0 aliphatic heterocycles. The maximum absolute atomic E-state index is 12.2. The molecule has 110 valence electrons. The number of nitrogens with one attached hydrogen (secondary N) is 2. The number of aliphatic hydroxyl groups is 1. The van der Waals surface area contributed by atoms with Crippen LogP contribution in [0.1, 0.15) is 16.7 Å². The van der Waals surface area contributed by atoms with E-state index in [1.165, 1.54) is 6.07 Å². The Morgan fingerprint density at radius 3 is 2.86 bits per heavy atom. The van der Waals surface area contributed by atoms with Crippen molar-refractivity contribution in [3.63, 3.8) is 0 Å². The molecule has 2 aromatic rings. The number of hydrogen-bond acceptors (Lipinski definition) is 4. The van der Waals surface area contributed by atoms with Gasteiger partial charge in [-0.2, -0.15) is 5.10 Å². The molecule has 21 heavy (non-hydrogen) atoms. The van der Waals surface area contributed by atoms with Crippen molar-refractivity contribution in [3.05, 3.63) is 47.3 Å². The Balaban J connectivity index is 2.18. The molecular formula is C14H15N3O3S. The maximum atomic E-state index is 12.2. The summed E-state index contributed by atoms with van der Waals surface area (Å²) in [5, 5.41) is 15.1.